The van der Waals surface area contributed by atoms with Crippen LogP contribution < -0.4 is 10.6 Å². The van der Waals surface area contributed by atoms with Crippen molar-refractivity contribution in [1.82, 2.24) is 15.0 Å². The summed E-state index contributed by atoms with van der Waals surface area (Å²) in [5.41, 5.74) is 6.68. The Bertz CT molecular complexity index is 577. The van der Waals surface area contributed by atoms with Gasteiger partial charge in [0.25, 0.3) is 0 Å². The highest BCUT2D eigenvalue weighted by Crippen LogP contribution is 2.19. The van der Waals surface area contributed by atoms with E-state index in [1.807, 2.05) is 12.1 Å². The van der Waals surface area contributed by atoms with Crippen LogP contribution in [0.15, 0.2) is 28.8 Å². The Morgan fingerprint density at radius 1 is 1.14 bits per heavy atom. The fourth-order valence-electron chi connectivity index (χ4n) is 2.45. The molecular weight excluding hydrogens is 290 g/mol. The summed E-state index contributed by atoms with van der Waals surface area (Å²) in [5.74, 6) is 1.19. The molecule has 1 saturated heterocycles. The zero-order valence-corrected chi connectivity index (χ0v) is 12.5. The highest BCUT2D eigenvalue weighted by Gasteiger charge is 2.19. The summed E-state index contributed by atoms with van der Waals surface area (Å²) >= 11 is 5.92. The molecule has 21 heavy (non-hydrogen) atoms. The van der Waals surface area contributed by atoms with E-state index in [9.17, 15) is 0 Å². The van der Waals surface area contributed by atoms with Crippen LogP contribution in [0.4, 0.5) is 5.69 Å². The van der Waals surface area contributed by atoms with Crippen molar-refractivity contribution in [2.45, 2.75) is 13.1 Å². The van der Waals surface area contributed by atoms with E-state index in [4.69, 9.17) is 21.9 Å². The first-order valence-electron chi connectivity index (χ1n) is 6.99. The van der Waals surface area contributed by atoms with Gasteiger partial charge in [0.2, 0.25) is 5.89 Å². The molecule has 0 radical (unpaired) electrons. The van der Waals surface area contributed by atoms with Crippen LogP contribution >= 0.6 is 11.6 Å². The molecule has 2 N–H and O–H groups in total. The molecule has 2 aromatic rings. The van der Waals surface area contributed by atoms with E-state index in [1.165, 1.54) is 5.69 Å². The van der Waals surface area contributed by atoms with Gasteiger partial charge in [0.15, 0.2) is 5.82 Å². The van der Waals surface area contributed by atoms with Crippen LogP contribution in [0.3, 0.4) is 0 Å². The minimum Gasteiger partial charge on any atom is -0.369 e. The number of rotatable bonds is 4. The zero-order valence-electron chi connectivity index (χ0n) is 11.7. The lowest BCUT2D eigenvalue weighted by Gasteiger charge is -2.35. The first-order valence-corrected chi connectivity index (χ1v) is 7.37. The third kappa shape index (κ3) is 3.53. The van der Waals surface area contributed by atoms with Crippen LogP contribution in [0.5, 0.6) is 0 Å². The predicted molar refractivity (Wildman–Crippen MR) is 81.1 cm³/mol. The van der Waals surface area contributed by atoms with Gasteiger partial charge in [-0.05, 0) is 24.3 Å². The van der Waals surface area contributed by atoms with Gasteiger partial charge in [-0.15, -0.1) is 0 Å². The van der Waals surface area contributed by atoms with E-state index in [0.717, 1.165) is 31.2 Å². The number of nitrogens with two attached hydrogens (primary N) is 1. The van der Waals surface area contributed by atoms with Crippen molar-refractivity contribution in [2.75, 3.05) is 31.1 Å². The first-order chi connectivity index (χ1) is 10.2. The van der Waals surface area contributed by atoms with Crippen LogP contribution in [-0.2, 0) is 13.1 Å². The first kappa shape index (κ1) is 14.3. The van der Waals surface area contributed by atoms with Crippen LogP contribution in [0.2, 0.25) is 5.02 Å². The maximum absolute atomic E-state index is 5.92. The van der Waals surface area contributed by atoms with Crippen LogP contribution in [0.1, 0.15) is 11.7 Å². The number of halogens is 1. The molecule has 0 bridgehead atoms. The maximum Gasteiger partial charge on any atom is 0.240 e. The van der Waals surface area contributed by atoms with Gasteiger partial charge in [-0.25, -0.2) is 0 Å². The number of anilines is 1. The van der Waals surface area contributed by atoms with Crippen molar-refractivity contribution in [3.63, 3.8) is 0 Å². The van der Waals surface area contributed by atoms with Gasteiger partial charge < -0.3 is 15.2 Å². The summed E-state index contributed by atoms with van der Waals surface area (Å²) < 4.78 is 5.02. The lowest BCUT2D eigenvalue weighted by Crippen LogP contribution is -2.46. The fraction of sp³-hybridized carbons (Fsp3) is 0.429. The molecule has 1 fully saturated rings. The second kappa shape index (κ2) is 6.43. The fourth-order valence-corrected chi connectivity index (χ4v) is 2.58. The van der Waals surface area contributed by atoms with Crippen molar-refractivity contribution in [3.8, 4) is 0 Å². The third-order valence-corrected chi connectivity index (χ3v) is 3.87. The number of aromatic nitrogens is 2. The molecule has 112 valence electrons. The summed E-state index contributed by atoms with van der Waals surface area (Å²) in [6.07, 6.45) is 0. The van der Waals surface area contributed by atoms with Crippen molar-refractivity contribution in [2.24, 2.45) is 5.73 Å². The molecule has 2 heterocycles. The quantitative estimate of drug-likeness (QED) is 0.923. The van der Waals surface area contributed by atoms with Gasteiger partial charge in [0.1, 0.15) is 0 Å². The SMILES string of the molecule is NCc1nc(CN2CCN(c3ccc(Cl)cc3)CC2)no1. The minimum atomic E-state index is 0.289. The zero-order chi connectivity index (χ0) is 14.7. The molecular formula is C14H18ClN5O. The maximum atomic E-state index is 5.92. The summed E-state index contributed by atoms with van der Waals surface area (Å²) in [6, 6.07) is 7.98. The molecule has 0 atom stereocenters. The summed E-state index contributed by atoms with van der Waals surface area (Å²) in [4.78, 5) is 8.91. The number of hydrogen-bond donors (Lipinski definition) is 1. The molecule has 1 aromatic heterocycles. The van der Waals surface area contributed by atoms with Gasteiger partial charge >= 0.3 is 0 Å². The Labute approximate surface area is 128 Å². The Morgan fingerprint density at radius 3 is 2.48 bits per heavy atom. The van der Waals surface area contributed by atoms with E-state index in [0.29, 0.717) is 18.3 Å². The lowest BCUT2D eigenvalue weighted by atomic mass is 10.2. The molecule has 1 aliphatic heterocycles. The summed E-state index contributed by atoms with van der Waals surface area (Å²) in [7, 11) is 0. The van der Waals surface area contributed by atoms with Crippen LogP contribution in [-0.4, -0.2) is 41.2 Å². The molecule has 1 aliphatic rings. The van der Waals surface area contributed by atoms with E-state index in [1.54, 1.807) is 0 Å². The Morgan fingerprint density at radius 2 is 1.86 bits per heavy atom. The van der Waals surface area contributed by atoms with E-state index in [2.05, 4.69) is 32.1 Å². The smallest absolute Gasteiger partial charge is 0.240 e. The second-order valence-corrected chi connectivity index (χ2v) is 5.48. The molecule has 1 aromatic carbocycles. The van der Waals surface area contributed by atoms with Crippen molar-refractivity contribution >= 4 is 17.3 Å². The molecule has 0 spiro atoms. The number of hydrogen-bond acceptors (Lipinski definition) is 6. The van der Waals surface area contributed by atoms with Crippen molar-refractivity contribution in [3.05, 3.63) is 41.0 Å². The van der Waals surface area contributed by atoms with Gasteiger partial charge in [0, 0.05) is 36.9 Å². The standard InChI is InChI=1S/C14H18ClN5O/c15-11-1-3-12(4-2-11)20-7-5-19(6-8-20)10-13-17-14(9-16)21-18-13/h1-4H,5-10,16H2. The highest BCUT2D eigenvalue weighted by atomic mass is 35.5. The average molecular weight is 308 g/mol. The van der Waals surface area contributed by atoms with Crippen molar-refractivity contribution < 1.29 is 4.52 Å². The summed E-state index contributed by atoms with van der Waals surface area (Å²) in [5, 5.41) is 4.70. The largest absolute Gasteiger partial charge is 0.369 e. The Kier molecular flexibility index (Phi) is 4.38. The Balaban J connectivity index is 1.54. The molecule has 6 nitrogen and oxygen atoms in total. The second-order valence-electron chi connectivity index (χ2n) is 5.05. The van der Waals surface area contributed by atoms with E-state index >= 15 is 0 Å². The number of benzene rings is 1. The van der Waals surface area contributed by atoms with Crippen LogP contribution in [0.25, 0.3) is 0 Å². The lowest BCUT2D eigenvalue weighted by molar-refractivity contribution is 0.240. The van der Waals surface area contributed by atoms with Crippen molar-refractivity contribution in [1.29, 1.82) is 0 Å². The molecule has 0 amide bonds. The predicted octanol–water partition coefficient (Wildman–Crippen LogP) is 1.50. The van der Waals surface area contributed by atoms with Gasteiger partial charge in [-0.2, -0.15) is 4.98 Å². The Hall–Kier alpha value is -1.63. The van der Waals surface area contributed by atoms with Crippen LogP contribution in [0, 0.1) is 0 Å². The number of nitrogens with zero attached hydrogens (tertiary/aromatic N) is 4. The molecule has 3 rings (SSSR count). The molecule has 0 unspecified atom stereocenters. The van der Waals surface area contributed by atoms with E-state index < -0.39 is 0 Å². The number of piperazine rings is 1. The highest BCUT2D eigenvalue weighted by molar-refractivity contribution is 6.30. The topological polar surface area (TPSA) is 71.4 Å². The van der Waals surface area contributed by atoms with Gasteiger partial charge in [-0.1, -0.05) is 16.8 Å². The minimum absolute atomic E-state index is 0.289. The molecule has 0 saturated carbocycles. The third-order valence-electron chi connectivity index (χ3n) is 3.61. The van der Waals surface area contributed by atoms with E-state index in [-0.39, 0.29) is 6.54 Å². The molecule has 7 heteroatoms. The summed E-state index contributed by atoms with van der Waals surface area (Å²) in [6.45, 7) is 4.88. The van der Waals surface area contributed by atoms with Gasteiger partial charge in [-0.3, -0.25) is 4.90 Å². The van der Waals surface area contributed by atoms with Gasteiger partial charge in [0.05, 0.1) is 13.1 Å². The normalized spacial score (nSPS) is 16.4. The molecule has 0 aliphatic carbocycles. The monoisotopic (exact) mass is 307 g/mol. The average Bonchev–Trinajstić information content (AvgIpc) is 2.97.